The van der Waals surface area contributed by atoms with E-state index in [1.807, 2.05) is 19.1 Å². The Morgan fingerprint density at radius 2 is 1.62 bits per heavy atom. The fraction of sp³-hybridized carbons (Fsp3) is 0.381. The first kappa shape index (κ1) is 21.1. The largest absolute Gasteiger partial charge is 0.477 e. The van der Waals surface area contributed by atoms with Gasteiger partial charge in [-0.1, -0.05) is 29.8 Å². The summed E-state index contributed by atoms with van der Waals surface area (Å²) in [7, 11) is 0. The molecule has 4 nitrogen and oxygen atoms in total. The van der Waals surface area contributed by atoms with Crippen molar-refractivity contribution in [1.82, 2.24) is 9.80 Å². The van der Waals surface area contributed by atoms with Gasteiger partial charge in [-0.15, -0.1) is 0 Å². The van der Waals surface area contributed by atoms with Crippen LogP contribution in [0.1, 0.15) is 17.5 Å². The maximum atomic E-state index is 13.6. The van der Waals surface area contributed by atoms with Gasteiger partial charge in [0.25, 0.3) is 5.91 Å². The van der Waals surface area contributed by atoms with E-state index in [-0.39, 0.29) is 6.07 Å². The lowest BCUT2D eigenvalue weighted by Gasteiger charge is -2.22. The number of halogens is 4. The van der Waals surface area contributed by atoms with Gasteiger partial charge in [-0.05, 0) is 18.9 Å². The summed E-state index contributed by atoms with van der Waals surface area (Å²) in [6, 6.07) is 8.33. The number of aryl methyl sites for hydroxylation is 1. The Morgan fingerprint density at radius 3 is 2.28 bits per heavy atom. The molecule has 1 fully saturated rings. The predicted octanol–water partition coefficient (Wildman–Crippen LogP) is 3.66. The lowest BCUT2D eigenvalue weighted by molar-refractivity contribution is -0.133. The molecule has 29 heavy (non-hydrogen) atoms. The summed E-state index contributed by atoms with van der Waals surface area (Å²) < 4.78 is 58.5. The zero-order valence-corrected chi connectivity index (χ0v) is 16.1. The van der Waals surface area contributed by atoms with Crippen molar-refractivity contribution in [3.8, 4) is 5.75 Å². The van der Waals surface area contributed by atoms with E-state index in [2.05, 4.69) is 17.0 Å². The van der Waals surface area contributed by atoms with Gasteiger partial charge >= 0.3 is 0 Å². The van der Waals surface area contributed by atoms with Crippen molar-refractivity contribution in [2.75, 3.05) is 32.8 Å². The van der Waals surface area contributed by atoms with Gasteiger partial charge in [-0.25, -0.2) is 8.78 Å². The minimum atomic E-state index is -1.66. The normalized spacial score (nSPS) is 15.3. The van der Waals surface area contributed by atoms with E-state index in [4.69, 9.17) is 4.74 Å². The van der Waals surface area contributed by atoms with E-state index in [0.29, 0.717) is 19.6 Å². The molecule has 0 unspecified atom stereocenters. The van der Waals surface area contributed by atoms with Crippen LogP contribution in [-0.4, -0.2) is 48.5 Å². The van der Waals surface area contributed by atoms with Gasteiger partial charge in [0, 0.05) is 38.8 Å². The third-order valence-electron chi connectivity index (χ3n) is 4.88. The Bertz CT molecular complexity index is 848. The van der Waals surface area contributed by atoms with Crippen LogP contribution in [0.4, 0.5) is 17.6 Å². The molecule has 2 aromatic carbocycles. The molecular formula is C21H22F4N2O2. The van der Waals surface area contributed by atoms with Gasteiger partial charge in [0.05, 0.1) is 0 Å². The smallest absolute Gasteiger partial charge is 0.260 e. The molecule has 156 valence electrons. The van der Waals surface area contributed by atoms with E-state index < -0.39 is 41.5 Å². The number of benzene rings is 2. The van der Waals surface area contributed by atoms with Crippen molar-refractivity contribution in [1.29, 1.82) is 0 Å². The summed E-state index contributed by atoms with van der Waals surface area (Å²) in [5.74, 6) is -8.17. The average molecular weight is 410 g/mol. The highest BCUT2D eigenvalue weighted by molar-refractivity contribution is 5.77. The van der Waals surface area contributed by atoms with Crippen LogP contribution in [0.3, 0.4) is 0 Å². The van der Waals surface area contributed by atoms with Gasteiger partial charge in [0.1, 0.15) is 0 Å². The fourth-order valence-corrected chi connectivity index (χ4v) is 3.23. The zero-order chi connectivity index (χ0) is 21.0. The highest BCUT2D eigenvalue weighted by Crippen LogP contribution is 2.26. The Hall–Kier alpha value is -2.61. The Labute approximate surface area is 166 Å². The van der Waals surface area contributed by atoms with Crippen LogP contribution in [0, 0.1) is 30.2 Å². The summed E-state index contributed by atoms with van der Waals surface area (Å²) in [5, 5.41) is 0. The lowest BCUT2D eigenvalue weighted by atomic mass is 10.1. The molecule has 1 amide bonds. The molecule has 0 bridgehead atoms. The van der Waals surface area contributed by atoms with E-state index >= 15 is 0 Å². The number of carbonyl (C=O) groups excluding carboxylic acids is 1. The number of carbonyl (C=O) groups is 1. The van der Waals surface area contributed by atoms with Gasteiger partial charge in [-0.3, -0.25) is 9.69 Å². The van der Waals surface area contributed by atoms with Crippen molar-refractivity contribution in [2.24, 2.45) is 0 Å². The molecule has 2 aromatic rings. The van der Waals surface area contributed by atoms with Crippen LogP contribution in [-0.2, 0) is 11.3 Å². The molecule has 1 aliphatic heterocycles. The number of rotatable bonds is 5. The lowest BCUT2D eigenvalue weighted by Crippen LogP contribution is -2.38. The van der Waals surface area contributed by atoms with E-state index in [9.17, 15) is 22.4 Å². The summed E-state index contributed by atoms with van der Waals surface area (Å²) in [6.45, 7) is 4.42. The van der Waals surface area contributed by atoms with Gasteiger partial charge in [0.2, 0.25) is 11.6 Å². The van der Waals surface area contributed by atoms with Crippen LogP contribution in [0.2, 0.25) is 0 Å². The molecule has 8 heteroatoms. The van der Waals surface area contributed by atoms with Gasteiger partial charge in [0.15, 0.2) is 24.0 Å². The number of nitrogens with zero attached hydrogens (tertiary/aromatic N) is 2. The first-order valence-corrected chi connectivity index (χ1v) is 9.36. The van der Waals surface area contributed by atoms with Gasteiger partial charge in [-0.2, -0.15) is 8.78 Å². The zero-order valence-electron chi connectivity index (χ0n) is 16.1. The van der Waals surface area contributed by atoms with Crippen LogP contribution in [0.5, 0.6) is 5.75 Å². The average Bonchev–Trinajstić information content (AvgIpc) is 2.94. The Morgan fingerprint density at radius 1 is 0.966 bits per heavy atom. The third-order valence-corrected chi connectivity index (χ3v) is 4.88. The highest BCUT2D eigenvalue weighted by Gasteiger charge is 2.24. The standard InChI is InChI=1S/C21H22F4N2O2/c1-14-3-5-15(6-4-14)12-26-7-2-8-27(10-9-26)18(28)13-29-21-19(24)16(22)11-17(23)20(21)25/h3-6,11H,2,7-10,12-13H2,1H3. The molecule has 0 atom stereocenters. The summed E-state index contributed by atoms with van der Waals surface area (Å²) in [6.07, 6.45) is 0.731. The summed E-state index contributed by atoms with van der Waals surface area (Å²) in [5.41, 5.74) is 2.37. The van der Waals surface area contributed by atoms with Crippen LogP contribution in [0.25, 0.3) is 0 Å². The predicted molar refractivity (Wildman–Crippen MR) is 99.4 cm³/mol. The molecule has 1 heterocycles. The molecule has 0 saturated carbocycles. The fourth-order valence-electron chi connectivity index (χ4n) is 3.23. The summed E-state index contributed by atoms with van der Waals surface area (Å²) >= 11 is 0. The number of ether oxygens (including phenoxy) is 1. The molecule has 0 aromatic heterocycles. The highest BCUT2D eigenvalue weighted by atomic mass is 19.2. The minimum absolute atomic E-state index is 0.0940. The number of hydrogen-bond acceptors (Lipinski definition) is 3. The quantitative estimate of drug-likeness (QED) is 0.557. The molecule has 0 aliphatic carbocycles. The molecule has 0 N–H and O–H groups in total. The van der Waals surface area contributed by atoms with Crippen LogP contribution >= 0.6 is 0 Å². The van der Waals surface area contributed by atoms with E-state index in [0.717, 1.165) is 19.5 Å². The molecule has 1 aliphatic rings. The summed E-state index contributed by atoms with van der Waals surface area (Å²) in [4.78, 5) is 16.1. The van der Waals surface area contributed by atoms with E-state index in [1.54, 1.807) is 0 Å². The Balaban J connectivity index is 1.55. The second-order valence-electron chi connectivity index (χ2n) is 7.08. The van der Waals surface area contributed by atoms with Crippen LogP contribution in [0.15, 0.2) is 30.3 Å². The van der Waals surface area contributed by atoms with Crippen molar-refractivity contribution in [3.05, 3.63) is 64.7 Å². The molecule has 3 rings (SSSR count). The maximum absolute atomic E-state index is 13.6. The molecule has 0 spiro atoms. The Kier molecular flexibility index (Phi) is 6.74. The number of amides is 1. The van der Waals surface area contributed by atoms with Crippen molar-refractivity contribution in [3.63, 3.8) is 0 Å². The second-order valence-corrected chi connectivity index (χ2v) is 7.08. The SMILES string of the molecule is Cc1ccc(CN2CCCN(C(=O)COc3c(F)c(F)cc(F)c3F)CC2)cc1. The van der Waals surface area contributed by atoms with Crippen molar-refractivity contribution < 1.29 is 27.1 Å². The van der Waals surface area contributed by atoms with Crippen molar-refractivity contribution >= 4 is 5.91 Å². The molecular weight excluding hydrogens is 388 g/mol. The third kappa shape index (κ3) is 5.26. The van der Waals surface area contributed by atoms with Gasteiger partial charge < -0.3 is 9.64 Å². The molecule has 1 saturated heterocycles. The van der Waals surface area contributed by atoms with Crippen LogP contribution < -0.4 is 4.74 Å². The maximum Gasteiger partial charge on any atom is 0.260 e. The molecule has 0 radical (unpaired) electrons. The minimum Gasteiger partial charge on any atom is -0.477 e. The number of hydrogen-bond donors (Lipinski definition) is 0. The first-order chi connectivity index (χ1) is 13.8. The monoisotopic (exact) mass is 410 g/mol. The second kappa shape index (κ2) is 9.26. The van der Waals surface area contributed by atoms with E-state index in [1.165, 1.54) is 16.0 Å². The topological polar surface area (TPSA) is 32.8 Å². The first-order valence-electron chi connectivity index (χ1n) is 9.36. The van der Waals surface area contributed by atoms with Crippen molar-refractivity contribution in [2.45, 2.75) is 19.9 Å².